The van der Waals surface area contributed by atoms with E-state index < -0.39 is 5.97 Å². The van der Waals surface area contributed by atoms with Crippen LogP contribution in [0.1, 0.15) is 16.2 Å². The quantitative estimate of drug-likeness (QED) is 0.860. The first-order valence-corrected chi connectivity index (χ1v) is 6.06. The highest BCUT2D eigenvalue weighted by atomic mass is 32.2. The van der Waals surface area contributed by atoms with Gasteiger partial charge in [0.2, 0.25) is 0 Å². The SMILES string of the molecule is O=C(O)c1cnc(CSc2cccc(F)c2)nc1. The summed E-state index contributed by atoms with van der Waals surface area (Å²) in [5.74, 6) is -0.376. The largest absolute Gasteiger partial charge is 0.478 e. The maximum Gasteiger partial charge on any atom is 0.338 e. The van der Waals surface area contributed by atoms with Gasteiger partial charge in [0, 0.05) is 17.3 Å². The fourth-order valence-corrected chi connectivity index (χ4v) is 2.06. The van der Waals surface area contributed by atoms with Crippen LogP contribution >= 0.6 is 11.8 Å². The second-order valence-electron chi connectivity index (χ2n) is 3.44. The highest BCUT2D eigenvalue weighted by Gasteiger charge is 2.05. The van der Waals surface area contributed by atoms with Crippen molar-refractivity contribution in [1.29, 1.82) is 0 Å². The number of hydrogen-bond donors (Lipinski definition) is 1. The summed E-state index contributed by atoms with van der Waals surface area (Å²) in [7, 11) is 0. The van der Waals surface area contributed by atoms with E-state index in [1.54, 1.807) is 12.1 Å². The molecule has 1 aromatic carbocycles. The van der Waals surface area contributed by atoms with Gasteiger partial charge in [-0.25, -0.2) is 19.2 Å². The number of carbonyl (C=O) groups is 1. The molecule has 4 nitrogen and oxygen atoms in total. The second kappa shape index (κ2) is 5.59. The zero-order chi connectivity index (χ0) is 13.0. The zero-order valence-electron chi connectivity index (χ0n) is 9.21. The molecule has 0 atom stereocenters. The first kappa shape index (κ1) is 12.5. The molecule has 0 unspecified atom stereocenters. The summed E-state index contributed by atoms with van der Waals surface area (Å²) < 4.78 is 12.9. The van der Waals surface area contributed by atoms with E-state index >= 15 is 0 Å². The number of aromatic carboxylic acids is 1. The van der Waals surface area contributed by atoms with Crippen LogP contribution in [0.4, 0.5) is 4.39 Å². The minimum Gasteiger partial charge on any atom is -0.478 e. The smallest absolute Gasteiger partial charge is 0.338 e. The fraction of sp³-hybridized carbons (Fsp3) is 0.0833. The third-order valence-corrected chi connectivity index (χ3v) is 3.11. The molecule has 0 bridgehead atoms. The van der Waals surface area contributed by atoms with E-state index in [9.17, 15) is 9.18 Å². The average Bonchev–Trinajstić information content (AvgIpc) is 2.37. The third kappa shape index (κ3) is 3.27. The van der Waals surface area contributed by atoms with Crippen molar-refractivity contribution in [3.63, 3.8) is 0 Å². The molecule has 18 heavy (non-hydrogen) atoms. The summed E-state index contributed by atoms with van der Waals surface area (Å²) in [6.45, 7) is 0. The normalized spacial score (nSPS) is 10.3. The van der Waals surface area contributed by atoms with Crippen molar-refractivity contribution in [2.45, 2.75) is 10.6 Å². The Morgan fingerprint density at radius 3 is 2.67 bits per heavy atom. The van der Waals surface area contributed by atoms with Crippen molar-refractivity contribution in [1.82, 2.24) is 9.97 Å². The molecule has 0 radical (unpaired) electrons. The molecule has 0 amide bonds. The van der Waals surface area contributed by atoms with Crippen molar-refractivity contribution in [3.05, 3.63) is 53.9 Å². The lowest BCUT2D eigenvalue weighted by atomic mass is 10.3. The van der Waals surface area contributed by atoms with Crippen molar-refractivity contribution >= 4 is 17.7 Å². The van der Waals surface area contributed by atoms with Crippen LogP contribution in [-0.2, 0) is 5.75 Å². The zero-order valence-corrected chi connectivity index (χ0v) is 10.0. The second-order valence-corrected chi connectivity index (χ2v) is 4.49. The number of nitrogens with zero attached hydrogens (tertiary/aromatic N) is 2. The Morgan fingerprint density at radius 1 is 1.33 bits per heavy atom. The van der Waals surface area contributed by atoms with E-state index in [-0.39, 0.29) is 11.4 Å². The van der Waals surface area contributed by atoms with E-state index in [4.69, 9.17) is 5.11 Å². The number of halogens is 1. The topological polar surface area (TPSA) is 63.1 Å². The molecule has 2 rings (SSSR count). The first-order chi connectivity index (χ1) is 8.65. The molecule has 2 aromatic rings. The van der Waals surface area contributed by atoms with Gasteiger partial charge in [-0.15, -0.1) is 11.8 Å². The van der Waals surface area contributed by atoms with E-state index in [2.05, 4.69) is 9.97 Å². The maximum atomic E-state index is 12.9. The van der Waals surface area contributed by atoms with Gasteiger partial charge < -0.3 is 5.11 Å². The van der Waals surface area contributed by atoms with Crippen molar-refractivity contribution in [2.24, 2.45) is 0 Å². The van der Waals surface area contributed by atoms with Gasteiger partial charge in [0.15, 0.2) is 0 Å². The van der Waals surface area contributed by atoms with Crippen LogP contribution in [0.15, 0.2) is 41.6 Å². The van der Waals surface area contributed by atoms with Crippen molar-refractivity contribution < 1.29 is 14.3 Å². The summed E-state index contributed by atoms with van der Waals surface area (Å²) in [6.07, 6.45) is 2.52. The van der Waals surface area contributed by atoms with Crippen molar-refractivity contribution in [3.8, 4) is 0 Å². The van der Waals surface area contributed by atoms with Crippen LogP contribution in [-0.4, -0.2) is 21.0 Å². The lowest BCUT2D eigenvalue weighted by Crippen LogP contribution is -2.00. The number of aromatic nitrogens is 2. The molecule has 0 aliphatic carbocycles. The van der Waals surface area contributed by atoms with Crippen molar-refractivity contribution in [2.75, 3.05) is 0 Å². The van der Waals surface area contributed by atoms with Gasteiger partial charge in [-0.1, -0.05) is 6.07 Å². The molecule has 0 saturated carbocycles. The minimum absolute atomic E-state index is 0.0505. The van der Waals surface area contributed by atoms with Crippen LogP contribution in [0.3, 0.4) is 0 Å². The molecule has 92 valence electrons. The van der Waals surface area contributed by atoms with Gasteiger partial charge in [0.25, 0.3) is 0 Å². The summed E-state index contributed by atoms with van der Waals surface area (Å²) >= 11 is 1.39. The number of hydrogen-bond acceptors (Lipinski definition) is 4. The number of rotatable bonds is 4. The predicted molar refractivity (Wildman–Crippen MR) is 65.0 cm³/mol. The van der Waals surface area contributed by atoms with Crippen LogP contribution in [0.5, 0.6) is 0 Å². The molecule has 1 aromatic heterocycles. The van der Waals surface area contributed by atoms with Gasteiger partial charge in [-0.3, -0.25) is 0 Å². The Bertz CT molecular complexity index is 560. The van der Waals surface area contributed by atoms with Gasteiger partial charge in [0.1, 0.15) is 11.6 Å². The van der Waals surface area contributed by atoms with Crippen LogP contribution in [0, 0.1) is 5.82 Å². The third-order valence-electron chi connectivity index (χ3n) is 2.12. The summed E-state index contributed by atoms with van der Waals surface area (Å²) in [5.41, 5.74) is 0.0505. The molecule has 1 heterocycles. The molecule has 0 aliphatic heterocycles. The molecule has 0 aliphatic rings. The van der Waals surface area contributed by atoms with Crippen LogP contribution in [0.25, 0.3) is 0 Å². The molecule has 0 spiro atoms. The number of carboxylic acids is 1. The Morgan fingerprint density at radius 2 is 2.06 bits per heavy atom. The Kier molecular flexibility index (Phi) is 3.88. The summed E-state index contributed by atoms with van der Waals surface area (Å²) in [6, 6.07) is 6.23. The minimum atomic E-state index is -1.06. The van der Waals surface area contributed by atoms with Gasteiger partial charge in [-0.05, 0) is 18.2 Å². The van der Waals surface area contributed by atoms with Gasteiger partial charge >= 0.3 is 5.97 Å². The Hall–Kier alpha value is -1.95. The first-order valence-electron chi connectivity index (χ1n) is 5.08. The Labute approximate surface area is 107 Å². The lowest BCUT2D eigenvalue weighted by molar-refractivity contribution is 0.0696. The molecule has 6 heteroatoms. The molecule has 1 N–H and O–H groups in total. The molecular weight excluding hydrogens is 255 g/mol. The van der Waals surface area contributed by atoms with E-state index in [1.165, 1.54) is 36.3 Å². The molecular formula is C12H9FN2O2S. The number of benzene rings is 1. The van der Waals surface area contributed by atoms with E-state index in [0.717, 1.165) is 4.90 Å². The highest BCUT2D eigenvalue weighted by Crippen LogP contribution is 2.21. The fourth-order valence-electron chi connectivity index (χ4n) is 1.24. The predicted octanol–water partition coefficient (Wildman–Crippen LogP) is 2.61. The molecule has 0 saturated heterocycles. The highest BCUT2D eigenvalue weighted by molar-refractivity contribution is 7.98. The average molecular weight is 264 g/mol. The Balaban J connectivity index is 2.00. The number of thioether (sulfide) groups is 1. The lowest BCUT2D eigenvalue weighted by Gasteiger charge is -2.01. The van der Waals surface area contributed by atoms with E-state index in [1.807, 2.05) is 0 Å². The summed E-state index contributed by atoms with van der Waals surface area (Å²) in [4.78, 5) is 19.2. The van der Waals surface area contributed by atoms with Crippen LogP contribution < -0.4 is 0 Å². The number of carboxylic acid groups (broad SMARTS) is 1. The monoisotopic (exact) mass is 264 g/mol. The van der Waals surface area contributed by atoms with Gasteiger partial charge in [0.05, 0.1) is 11.3 Å². The molecule has 0 fully saturated rings. The van der Waals surface area contributed by atoms with Crippen LogP contribution in [0.2, 0.25) is 0 Å². The van der Waals surface area contributed by atoms with Gasteiger partial charge in [-0.2, -0.15) is 0 Å². The van der Waals surface area contributed by atoms with E-state index in [0.29, 0.717) is 11.6 Å². The maximum absolute atomic E-state index is 12.9. The standard InChI is InChI=1S/C12H9FN2O2S/c13-9-2-1-3-10(4-9)18-7-11-14-5-8(6-15-11)12(16)17/h1-6H,7H2,(H,16,17). The summed E-state index contributed by atoms with van der Waals surface area (Å²) in [5, 5.41) is 8.69.